The third-order valence-corrected chi connectivity index (χ3v) is 8.99. The molecule has 0 aromatic rings. The quantitative estimate of drug-likeness (QED) is 0.710. The van der Waals surface area contributed by atoms with Crippen LogP contribution in [0.3, 0.4) is 0 Å². The maximum Gasteiger partial charge on any atom is 0.305 e. The molecule has 3 fully saturated rings. The van der Waals surface area contributed by atoms with Gasteiger partial charge in [-0.2, -0.15) is 0 Å². The van der Waals surface area contributed by atoms with Gasteiger partial charge in [-0.15, -0.1) is 0 Å². The largest absolute Gasteiger partial charge is 0.469 e. The van der Waals surface area contributed by atoms with Crippen LogP contribution in [0, 0.1) is 40.4 Å². The van der Waals surface area contributed by atoms with E-state index in [4.69, 9.17) is 4.74 Å². The van der Waals surface area contributed by atoms with E-state index in [2.05, 4.69) is 20.8 Å². The average molecular weight is 415 g/mol. The molecule has 0 bridgehead atoms. The Labute approximate surface area is 178 Å². The molecule has 4 aliphatic rings. The SMILES string of the molecule is COC(=O)CCC(=O)[C@H]1[C@H](C)C[C@H]2[C@@H]3CCC4=CC(=O)C=C[C@]4(C)[C@H]3[C@H](O)C[C@@]21C. The number of ketones is 2. The number of fused-ring (bicyclic) bond motifs is 5. The molecule has 0 saturated heterocycles. The van der Waals surface area contributed by atoms with Crippen LogP contribution in [0.1, 0.15) is 59.3 Å². The first kappa shape index (κ1) is 21.5. The molecule has 8 atom stereocenters. The molecule has 5 heteroatoms. The molecule has 30 heavy (non-hydrogen) atoms. The zero-order valence-corrected chi connectivity index (χ0v) is 18.5. The number of allylic oxidation sites excluding steroid dienone is 4. The summed E-state index contributed by atoms with van der Waals surface area (Å²) < 4.78 is 4.71. The molecule has 1 N–H and O–H groups in total. The van der Waals surface area contributed by atoms with Crippen molar-refractivity contribution in [1.29, 1.82) is 0 Å². The first-order chi connectivity index (χ1) is 14.1. The smallest absolute Gasteiger partial charge is 0.305 e. The van der Waals surface area contributed by atoms with Crippen LogP contribution in [0.15, 0.2) is 23.8 Å². The van der Waals surface area contributed by atoms with Crippen molar-refractivity contribution in [1.82, 2.24) is 0 Å². The van der Waals surface area contributed by atoms with E-state index in [1.165, 1.54) is 7.11 Å². The molecule has 4 rings (SSSR count). The van der Waals surface area contributed by atoms with Gasteiger partial charge in [0.05, 0.1) is 19.6 Å². The van der Waals surface area contributed by atoms with E-state index in [1.807, 2.05) is 6.08 Å². The van der Waals surface area contributed by atoms with Gasteiger partial charge in [0, 0.05) is 23.7 Å². The van der Waals surface area contributed by atoms with Crippen molar-refractivity contribution < 1.29 is 24.2 Å². The second-order valence-electron chi connectivity index (χ2n) is 10.5. The Morgan fingerprint density at radius 3 is 2.70 bits per heavy atom. The number of ether oxygens (including phenoxy) is 1. The first-order valence-corrected chi connectivity index (χ1v) is 11.3. The number of hydrogen-bond donors (Lipinski definition) is 1. The van der Waals surface area contributed by atoms with Crippen LogP contribution in [-0.4, -0.2) is 35.9 Å². The fraction of sp³-hybridized carbons (Fsp3) is 0.720. The highest BCUT2D eigenvalue weighted by Crippen LogP contribution is 2.67. The van der Waals surface area contributed by atoms with Crippen molar-refractivity contribution in [3.05, 3.63) is 23.8 Å². The lowest BCUT2D eigenvalue weighted by molar-refractivity contribution is -0.146. The zero-order chi connectivity index (χ0) is 21.8. The summed E-state index contributed by atoms with van der Waals surface area (Å²) in [7, 11) is 1.35. The van der Waals surface area contributed by atoms with E-state index in [-0.39, 0.29) is 59.0 Å². The van der Waals surface area contributed by atoms with Crippen molar-refractivity contribution in [2.75, 3.05) is 7.11 Å². The van der Waals surface area contributed by atoms with Gasteiger partial charge in [-0.25, -0.2) is 0 Å². The Balaban J connectivity index is 1.62. The Morgan fingerprint density at radius 1 is 1.27 bits per heavy atom. The summed E-state index contributed by atoms with van der Waals surface area (Å²) in [5.41, 5.74) is 0.614. The highest BCUT2D eigenvalue weighted by molar-refractivity contribution is 6.01. The van der Waals surface area contributed by atoms with Crippen molar-refractivity contribution in [3.63, 3.8) is 0 Å². The van der Waals surface area contributed by atoms with E-state index in [1.54, 1.807) is 12.2 Å². The van der Waals surface area contributed by atoms with Gasteiger partial charge in [0.1, 0.15) is 5.78 Å². The topological polar surface area (TPSA) is 80.7 Å². The first-order valence-electron chi connectivity index (χ1n) is 11.3. The lowest BCUT2D eigenvalue weighted by Crippen LogP contribution is -2.56. The highest BCUT2D eigenvalue weighted by Gasteiger charge is 2.64. The van der Waals surface area contributed by atoms with Gasteiger partial charge < -0.3 is 9.84 Å². The second kappa shape index (κ2) is 7.44. The number of hydrogen-bond acceptors (Lipinski definition) is 5. The average Bonchev–Trinajstić information content (AvgIpc) is 2.95. The molecule has 0 spiro atoms. The molecule has 0 aromatic heterocycles. The molecular formula is C25H34O5. The number of carbonyl (C=O) groups is 3. The van der Waals surface area contributed by atoms with Gasteiger partial charge in [0.15, 0.2) is 5.78 Å². The molecule has 164 valence electrons. The highest BCUT2D eigenvalue weighted by atomic mass is 16.5. The minimum absolute atomic E-state index is 0.0433. The van der Waals surface area contributed by atoms with Gasteiger partial charge in [-0.1, -0.05) is 32.4 Å². The summed E-state index contributed by atoms with van der Waals surface area (Å²) in [6.45, 7) is 6.51. The van der Waals surface area contributed by atoms with E-state index in [9.17, 15) is 19.5 Å². The predicted molar refractivity (Wildman–Crippen MR) is 112 cm³/mol. The number of aliphatic hydroxyl groups excluding tert-OH is 1. The molecule has 5 nitrogen and oxygen atoms in total. The summed E-state index contributed by atoms with van der Waals surface area (Å²) in [4.78, 5) is 36.7. The maximum absolute atomic E-state index is 13.2. The van der Waals surface area contributed by atoms with Crippen LogP contribution in [0.4, 0.5) is 0 Å². The monoisotopic (exact) mass is 414 g/mol. The molecule has 4 aliphatic carbocycles. The molecule has 0 aromatic carbocycles. The van der Waals surface area contributed by atoms with E-state index < -0.39 is 6.10 Å². The maximum atomic E-state index is 13.2. The van der Waals surface area contributed by atoms with Crippen LogP contribution in [0.2, 0.25) is 0 Å². The standard InChI is InChI=1S/C25H34O5/c1-14-11-18-17-6-5-15-12-16(26)9-10-24(15,2)23(17)20(28)13-25(18,3)22(14)19(27)7-8-21(29)30-4/h9-10,12,14,17-18,20,22-23,28H,5-8,11,13H2,1-4H3/t14-,17+,18+,20-,22-,23-,24+,25+/m1/s1. The molecule has 0 aliphatic heterocycles. The van der Waals surface area contributed by atoms with Crippen LogP contribution >= 0.6 is 0 Å². The van der Waals surface area contributed by atoms with Crippen molar-refractivity contribution >= 4 is 17.5 Å². The molecule has 0 heterocycles. The Kier molecular flexibility index (Phi) is 5.32. The van der Waals surface area contributed by atoms with Gasteiger partial charge in [0.25, 0.3) is 0 Å². The third kappa shape index (κ3) is 3.12. The van der Waals surface area contributed by atoms with E-state index >= 15 is 0 Å². The van der Waals surface area contributed by atoms with E-state index in [0.29, 0.717) is 18.3 Å². The number of methoxy groups -OCH3 is 1. The van der Waals surface area contributed by atoms with Crippen LogP contribution < -0.4 is 0 Å². The molecule has 0 radical (unpaired) electrons. The lowest BCUT2D eigenvalue weighted by Gasteiger charge is -2.58. The Hall–Kier alpha value is -1.75. The van der Waals surface area contributed by atoms with Crippen molar-refractivity contribution in [2.45, 2.75) is 65.4 Å². The molecule has 0 unspecified atom stereocenters. The lowest BCUT2D eigenvalue weighted by atomic mass is 9.46. The summed E-state index contributed by atoms with van der Waals surface area (Å²) in [6, 6.07) is 0. The summed E-state index contributed by atoms with van der Waals surface area (Å²) in [5, 5.41) is 11.4. The summed E-state index contributed by atoms with van der Waals surface area (Å²) in [5.74, 6) is 0.724. The number of Topliss-reactive ketones (excluding diaryl/α,β-unsaturated/α-hetero) is 1. The summed E-state index contributed by atoms with van der Waals surface area (Å²) in [6.07, 6.45) is 8.69. The fourth-order valence-electron chi connectivity index (χ4n) is 7.86. The zero-order valence-electron chi connectivity index (χ0n) is 18.5. The number of carbonyl (C=O) groups excluding carboxylic acids is 3. The van der Waals surface area contributed by atoms with Crippen molar-refractivity contribution in [3.8, 4) is 0 Å². The number of esters is 1. The van der Waals surface area contributed by atoms with Gasteiger partial charge >= 0.3 is 5.97 Å². The number of aliphatic hydroxyl groups is 1. The minimum Gasteiger partial charge on any atom is -0.469 e. The third-order valence-electron chi connectivity index (χ3n) is 8.99. The Morgan fingerprint density at radius 2 is 2.00 bits per heavy atom. The van der Waals surface area contributed by atoms with Crippen LogP contribution in [-0.2, 0) is 19.1 Å². The fourth-order valence-corrected chi connectivity index (χ4v) is 7.86. The summed E-state index contributed by atoms with van der Waals surface area (Å²) >= 11 is 0. The van der Waals surface area contributed by atoms with Crippen LogP contribution in [0.25, 0.3) is 0 Å². The predicted octanol–water partition coefficient (Wildman–Crippen LogP) is 3.65. The normalized spacial score (nSPS) is 44.6. The number of rotatable bonds is 4. The van der Waals surface area contributed by atoms with Gasteiger partial charge in [-0.05, 0) is 61.0 Å². The van der Waals surface area contributed by atoms with Gasteiger partial charge in [-0.3, -0.25) is 14.4 Å². The molecular weight excluding hydrogens is 380 g/mol. The van der Waals surface area contributed by atoms with E-state index in [0.717, 1.165) is 24.8 Å². The molecule has 3 saturated carbocycles. The van der Waals surface area contributed by atoms with Crippen LogP contribution in [0.5, 0.6) is 0 Å². The van der Waals surface area contributed by atoms with Crippen molar-refractivity contribution in [2.24, 2.45) is 40.4 Å². The second-order valence-corrected chi connectivity index (χ2v) is 10.5. The minimum atomic E-state index is -0.510. The van der Waals surface area contributed by atoms with Gasteiger partial charge in [0.2, 0.25) is 0 Å². The Bertz CT molecular complexity index is 825. The molecule has 0 amide bonds.